The van der Waals surface area contributed by atoms with Gasteiger partial charge in [0.2, 0.25) is 0 Å². The third kappa shape index (κ3) is 4.69. The Kier molecular flexibility index (Phi) is 5.48. The molecule has 0 aliphatic carbocycles. The molecule has 0 amide bonds. The second-order valence-electron chi connectivity index (χ2n) is 5.67. The van der Waals surface area contributed by atoms with Crippen molar-refractivity contribution in [3.8, 4) is 0 Å². The molecule has 0 aliphatic rings. The van der Waals surface area contributed by atoms with E-state index in [9.17, 15) is 0 Å². The highest BCUT2D eigenvalue weighted by Crippen LogP contribution is 2.30. The molecule has 0 bridgehead atoms. The van der Waals surface area contributed by atoms with Crippen molar-refractivity contribution in [3.63, 3.8) is 0 Å². The fourth-order valence-electron chi connectivity index (χ4n) is 1.93. The molecule has 17 heavy (non-hydrogen) atoms. The summed E-state index contributed by atoms with van der Waals surface area (Å²) in [6.07, 6.45) is 1.04. The summed E-state index contributed by atoms with van der Waals surface area (Å²) in [5.74, 6) is 0.599. The summed E-state index contributed by atoms with van der Waals surface area (Å²) in [7, 11) is 0. The van der Waals surface area contributed by atoms with Crippen molar-refractivity contribution in [2.24, 2.45) is 11.3 Å². The van der Waals surface area contributed by atoms with Crippen molar-refractivity contribution in [1.29, 1.82) is 0 Å². The molecule has 0 aliphatic heterocycles. The van der Waals surface area contributed by atoms with Gasteiger partial charge in [0.05, 0.1) is 0 Å². The van der Waals surface area contributed by atoms with Crippen LogP contribution in [0.4, 0.5) is 0 Å². The van der Waals surface area contributed by atoms with E-state index in [4.69, 9.17) is 11.6 Å². The van der Waals surface area contributed by atoms with Crippen molar-refractivity contribution in [2.75, 3.05) is 13.1 Å². The van der Waals surface area contributed by atoms with Gasteiger partial charge in [0.15, 0.2) is 0 Å². The molecule has 0 saturated carbocycles. The van der Waals surface area contributed by atoms with Crippen LogP contribution in [0.2, 0.25) is 5.02 Å². The average Bonchev–Trinajstić information content (AvgIpc) is 2.25. The van der Waals surface area contributed by atoms with E-state index in [1.165, 1.54) is 5.56 Å². The van der Waals surface area contributed by atoms with Crippen molar-refractivity contribution < 1.29 is 0 Å². The molecule has 1 nitrogen and oxygen atoms in total. The number of benzene rings is 1. The number of halogens is 1. The van der Waals surface area contributed by atoms with Crippen LogP contribution in [0.5, 0.6) is 0 Å². The fraction of sp³-hybridized carbons (Fsp3) is 0.600. The first kappa shape index (κ1) is 14.5. The molecule has 0 heterocycles. The summed E-state index contributed by atoms with van der Waals surface area (Å²) in [5.41, 5.74) is 1.55. The Morgan fingerprint density at radius 1 is 1.24 bits per heavy atom. The highest BCUT2D eigenvalue weighted by molar-refractivity contribution is 6.31. The summed E-state index contributed by atoms with van der Waals surface area (Å²) in [6, 6.07) is 8.16. The molecule has 1 atom stereocenters. The van der Waals surface area contributed by atoms with E-state index < -0.39 is 0 Å². The van der Waals surface area contributed by atoms with Crippen LogP contribution in [0.25, 0.3) is 0 Å². The zero-order chi connectivity index (χ0) is 12.9. The lowest BCUT2D eigenvalue weighted by Crippen LogP contribution is -2.33. The highest BCUT2D eigenvalue weighted by atomic mass is 35.5. The Morgan fingerprint density at radius 3 is 2.41 bits per heavy atom. The van der Waals surface area contributed by atoms with Crippen LogP contribution in [0, 0.1) is 11.3 Å². The van der Waals surface area contributed by atoms with Gasteiger partial charge in [-0.3, -0.25) is 0 Å². The summed E-state index contributed by atoms with van der Waals surface area (Å²) < 4.78 is 0. The minimum absolute atomic E-state index is 0.293. The van der Waals surface area contributed by atoms with Gasteiger partial charge in [-0.2, -0.15) is 0 Å². The quantitative estimate of drug-likeness (QED) is 0.831. The smallest absolute Gasteiger partial charge is 0.0438 e. The zero-order valence-electron chi connectivity index (χ0n) is 11.4. The van der Waals surface area contributed by atoms with E-state index >= 15 is 0 Å². The molecule has 0 saturated heterocycles. The van der Waals surface area contributed by atoms with Gasteiger partial charge in [0.1, 0.15) is 0 Å². The second-order valence-corrected chi connectivity index (χ2v) is 6.07. The third-order valence-corrected chi connectivity index (χ3v) is 3.66. The van der Waals surface area contributed by atoms with Gasteiger partial charge in [0, 0.05) is 5.02 Å². The molecular formula is C15H24ClN. The second kappa shape index (κ2) is 6.42. The lowest BCUT2D eigenvalue weighted by Gasteiger charge is -2.31. The average molecular weight is 254 g/mol. The van der Waals surface area contributed by atoms with E-state index in [0.717, 1.165) is 24.5 Å². The van der Waals surface area contributed by atoms with Gasteiger partial charge in [0.25, 0.3) is 0 Å². The molecule has 0 spiro atoms. The van der Waals surface area contributed by atoms with Crippen molar-refractivity contribution in [2.45, 2.75) is 34.1 Å². The fourth-order valence-corrected chi connectivity index (χ4v) is 2.15. The molecule has 1 rings (SSSR count). The van der Waals surface area contributed by atoms with Gasteiger partial charge in [-0.25, -0.2) is 0 Å². The molecule has 96 valence electrons. The van der Waals surface area contributed by atoms with Crippen molar-refractivity contribution in [1.82, 2.24) is 5.32 Å². The highest BCUT2D eigenvalue weighted by Gasteiger charge is 2.24. The molecule has 1 unspecified atom stereocenters. The normalized spacial score (nSPS) is 13.7. The largest absolute Gasteiger partial charge is 0.317 e. The van der Waals surface area contributed by atoms with Gasteiger partial charge >= 0.3 is 0 Å². The maximum Gasteiger partial charge on any atom is 0.0438 e. The summed E-state index contributed by atoms with van der Waals surface area (Å²) in [4.78, 5) is 0. The topological polar surface area (TPSA) is 12.0 Å². The molecule has 1 aromatic carbocycles. The molecular weight excluding hydrogens is 230 g/mol. The van der Waals surface area contributed by atoms with Crippen LogP contribution in [-0.4, -0.2) is 13.1 Å². The monoisotopic (exact) mass is 253 g/mol. The SMILES string of the molecule is CCNCC(Cc1ccccc1Cl)C(C)(C)C. The van der Waals surface area contributed by atoms with Crippen LogP contribution < -0.4 is 5.32 Å². The van der Waals surface area contributed by atoms with Gasteiger partial charge in [-0.05, 0) is 42.5 Å². The molecule has 1 aromatic rings. The summed E-state index contributed by atoms with van der Waals surface area (Å²) in [6.45, 7) is 11.1. The van der Waals surface area contributed by atoms with Crippen LogP contribution in [0.15, 0.2) is 24.3 Å². The Balaban J connectivity index is 2.76. The first-order valence-electron chi connectivity index (χ1n) is 6.39. The number of hydrogen-bond donors (Lipinski definition) is 1. The molecule has 0 radical (unpaired) electrons. The first-order chi connectivity index (χ1) is 7.95. The number of rotatable bonds is 5. The van der Waals surface area contributed by atoms with Crippen molar-refractivity contribution >= 4 is 11.6 Å². The Bertz CT molecular complexity index is 341. The van der Waals surface area contributed by atoms with E-state index in [-0.39, 0.29) is 0 Å². The standard InChI is InChI=1S/C15H24ClN/c1-5-17-11-13(15(2,3)4)10-12-8-6-7-9-14(12)16/h6-9,13,17H,5,10-11H2,1-4H3. The Morgan fingerprint density at radius 2 is 1.88 bits per heavy atom. The van der Waals surface area contributed by atoms with Crippen LogP contribution in [-0.2, 0) is 6.42 Å². The molecule has 1 N–H and O–H groups in total. The van der Waals surface area contributed by atoms with Gasteiger partial charge in [-0.1, -0.05) is 57.5 Å². The maximum absolute atomic E-state index is 6.23. The minimum atomic E-state index is 0.293. The molecule has 2 heteroatoms. The van der Waals surface area contributed by atoms with Gasteiger partial charge < -0.3 is 5.32 Å². The predicted molar refractivity (Wildman–Crippen MR) is 76.6 cm³/mol. The zero-order valence-corrected chi connectivity index (χ0v) is 12.1. The van der Waals surface area contributed by atoms with E-state index in [1.807, 2.05) is 12.1 Å². The first-order valence-corrected chi connectivity index (χ1v) is 6.77. The molecule has 0 aromatic heterocycles. The van der Waals surface area contributed by atoms with E-state index in [2.05, 4.69) is 45.1 Å². The van der Waals surface area contributed by atoms with Crippen LogP contribution >= 0.6 is 11.6 Å². The summed E-state index contributed by atoms with van der Waals surface area (Å²) >= 11 is 6.23. The Hall–Kier alpha value is -0.530. The van der Waals surface area contributed by atoms with Gasteiger partial charge in [-0.15, -0.1) is 0 Å². The summed E-state index contributed by atoms with van der Waals surface area (Å²) in [5, 5.41) is 4.34. The lowest BCUT2D eigenvalue weighted by molar-refractivity contribution is 0.232. The maximum atomic E-state index is 6.23. The van der Waals surface area contributed by atoms with Crippen LogP contribution in [0.1, 0.15) is 33.3 Å². The minimum Gasteiger partial charge on any atom is -0.317 e. The van der Waals surface area contributed by atoms with E-state index in [1.54, 1.807) is 0 Å². The number of hydrogen-bond acceptors (Lipinski definition) is 1. The predicted octanol–water partition coefficient (Wildman–Crippen LogP) is 4.15. The van der Waals surface area contributed by atoms with E-state index in [0.29, 0.717) is 11.3 Å². The number of nitrogens with one attached hydrogen (secondary N) is 1. The lowest BCUT2D eigenvalue weighted by atomic mass is 9.77. The Labute approximate surface area is 111 Å². The third-order valence-electron chi connectivity index (χ3n) is 3.29. The van der Waals surface area contributed by atoms with Crippen LogP contribution in [0.3, 0.4) is 0 Å². The van der Waals surface area contributed by atoms with Crippen molar-refractivity contribution in [3.05, 3.63) is 34.9 Å². The molecule has 0 fully saturated rings.